The number of aromatic nitrogens is 2. The fourth-order valence-corrected chi connectivity index (χ4v) is 4.62. The van der Waals surface area contributed by atoms with Crippen LogP contribution in [0.15, 0.2) is 60.7 Å². The van der Waals surface area contributed by atoms with Gasteiger partial charge in [0.1, 0.15) is 17.3 Å². The van der Waals surface area contributed by atoms with Gasteiger partial charge in [0.25, 0.3) is 5.91 Å². The standard InChI is InChI=1S/C30H34FN3O4/c1-5-6-9-17-33(30(35)21-15-16-28(38-4)23(31)18-21)20-29-32-24-11-7-8-12-25(24)34(29)19-22-26(36-2)13-10-14-27(22)37-3/h7-8,10-16,18H,5-6,9,17,19-20H2,1-4H3. The highest BCUT2D eigenvalue weighted by Gasteiger charge is 2.22. The minimum absolute atomic E-state index is 0.103. The third-order valence-corrected chi connectivity index (χ3v) is 6.63. The predicted molar refractivity (Wildman–Crippen MR) is 146 cm³/mol. The first-order valence-electron chi connectivity index (χ1n) is 12.8. The first-order chi connectivity index (χ1) is 18.5. The van der Waals surface area contributed by atoms with E-state index in [9.17, 15) is 9.18 Å². The molecule has 1 amide bonds. The van der Waals surface area contributed by atoms with Gasteiger partial charge in [-0.1, -0.05) is 38.0 Å². The zero-order chi connectivity index (χ0) is 27.1. The van der Waals surface area contributed by atoms with Gasteiger partial charge in [0, 0.05) is 12.1 Å². The number of amides is 1. The van der Waals surface area contributed by atoms with Crippen molar-refractivity contribution < 1.29 is 23.4 Å². The lowest BCUT2D eigenvalue weighted by atomic mass is 10.1. The Kier molecular flexibility index (Phi) is 8.84. The predicted octanol–water partition coefficient (Wildman–Crippen LogP) is 6.08. The Morgan fingerprint density at radius 3 is 2.29 bits per heavy atom. The van der Waals surface area contributed by atoms with Crippen molar-refractivity contribution >= 4 is 16.9 Å². The largest absolute Gasteiger partial charge is 0.496 e. The first-order valence-corrected chi connectivity index (χ1v) is 12.8. The third kappa shape index (κ3) is 5.74. The second kappa shape index (κ2) is 12.4. The molecular weight excluding hydrogens is 485 g/mol. The quantitative estimate of drug-likeness (QED) is 0.212. The molecule has 8 heteroatoms. The van der Waals surface area contributed by atoms with Crippen LogP contribution in [0.5, 0.6) is 17.2 Å². The van der Waals surface area contributed by atoms with E-state index in [2.05, 4.69) is 11.5 Å². The lowest BCUT2D eigenvalue weighted by molar-refractivity contribution is 0.0733. The first kappa shape index (κ1) is 27.0. The topological polar surface area (TPSA) is 65.8 Å². The van der Waals surface area contributed by atoms with E-state index in [4.69, 9.17) is 19.2 Å². The molecule has 0 atom stereocenters. The normalized spacial score (nSPS) is 11.0. The minimum Gasteiger partial charge on any atom is -0.496 e. The van der Waals surface area contributed by atoms with Gasteiger partial charge in [0.15, 0.2) is 11.6 Å². The summed E-state index contributed by atoms with van der Waals surface area (Å²) in [7, 11) is 4.67. The number of nitrogens with zero attached hydrogens (tertiary/aromatic N) is 3. The fourth-order valence-electron chi connectivity index (χ4n) is 4.62. The molecule has 1 heterocycles. The Morgan fingerprint density at radius 1 is 0.921 bits per heavy atom. The fraction of sp³-hybridized carbons (Fsp3) is 0.333. The summed E-state index contributed by atoms with van der Waals surface area (Å²) in [4.78, 5) is 20.3. The van der Waals surface area contributed by atoms with Gasteiger partial charge in [-0.25, -0.2) is 9.37 Å². The number of hydrogen-bond acceptors (Lipinski definition) is 5. The molecule has 38 heavy (non-hydrogen) atoms. The van der Waals surface area contributed by atoms with Crippen molar-refractivity contribution in [3.63, 3.8) is 0 Å². The van der Waals surface area contributed by atoms with Crippen molar-refractivity contribution in [3.8, 4) is 17.2 Å². The number of imidazole rings is 1. The molecule has 0 aliphatic carbocycles. The molecule has 0 fully saturated rings. The van der Waals surface area contributed by atoms with Gasteiger partial charge in [-0.3, -0.25) is 4.79 Å². The molecule has 0 aliphatic heterocycles. The van der Waals surface area contributed by atoms with Gasteiger partial charge < -0.3 is 23.7 Å². The summed E-state index contributed by atoms with van der Waals surface area (Å²) < 4.78 is 32.8. The molecule has 0 radical (unpaired) electrons. The van der Waals surface area contributed by atoms with Gasteiger partial charge in [0.2, 0.25) is 0 Å². The Labute approximate surface area is 222 Å². The van der Waals surface area contributed by atoms with Crippen LogP contribution in [0.4, 0.5) is 4.39 Å². The summed E-state index contributed by atoms with van der Waals surface area (Å²) in [6.45, 7) is 3.35. The van der Waals surface area contributed by atoms with Crippen LogP contribution in [-0.4, -0.2) is 48.2 Å². The van der Waals surface area contributed by atoms with Gasteiger partial charge in [-0.05, 0) is 48.9 Å². The monoisotopic (exact) mass is 519 g/mol. The molecule has 4 rings (SSSR count). The van der Waals surface area contributed by atoms with Crippen LogP contribution in [0.3, 0.4) is 0 Å². The highest BCUT2D eigenvalue weighted by atomic mass is 19.1. The van der Waals surface area contributed by atoms with Crippen molar-refractivity contribution in [1.29, 1.82) is 0 Å². The van der Waals surface area contributed by atoms with Gasteiger partial charge in [-0.15, -0.1) is 0 Å². The molecule has 0 spiro atoms. The Balaban J connectivity index is 1.74. The lowest BCUT2D eigenvalue weighted by Crippen LogP contribution is -2.33. The van der Waals surface area contributed by atoms with Gasteiger partial charge in [0.05, 0.1) is 51.0 Å². The number of fused-ring (bicyclic) bond motifs is 1. The second-order valence-electron chi connectivity index (χ2n) is 9.03. The number of halogens is 1. The van der Waals surface area contributed by atoms with Crippen LogP contribution in [0.2, 0.25) is 0 Å². The van der Waals surface area contributed by atoms with Crippen molar-refractivity contribution in [2.45, 2.75) is 39.3 Å². The number of para-hydroxylation sites is 2. The van der Waals surface area contributed by atoms with E-state index >= 15 is 0 Å². The number of hydrogen-bond donors (Lipinski definition) is 0. The Bertz CT molecular complexity index is 1380. The molecule has 0 saturated carbocycles. The highest BCUT2D eigenvalue weighted by Crippen LogP contribution is 2.31. The SMILES string of the molecule is CCCCCN(Cc1nc2ccccc2n1Cc1c(OC)cccc1OC)C(=O)c1ccc(OC)c(F)c1. The smallest absolute Gasteiger partial charge is 0.254 e. The molecule has 3 aromatic carbocycles. The molecule has 7 nitrogen and oxygen atoms in total. The van der Waals surface area contributed by atoms with E-state index in [1.807, 2.05) is 42.5 Å². The maximum Gasteiger partial charge on any atom is 0.254 e. The molecule has 4 aromatic rings. The second-order valence-corrected chi connectivity index (χ2v) is 9.03. The average molecular weight is 520 g/mol. The molecule has 0 saturated heterocycles. The summed E-state index contributed by atoms with van der Waals surface area (Å²) in [5.41, 5.74) is 2.91. The lowest BCUT2D eigenvalue weighted by Gasteiger charge is -2.24. The molecule has 0 aliphatic rings. The summed E-state index contributed by atoms with van der Waals surface area (Å²) >= 11 is 0. The van der Waals surface area contributed by atoms with Crippen LogP contribution < -0.4 is 14.2 Å². The number of methoxy groups -OCH3 is 3. The minimum atomic E-state index is -0.567. The molecule has 0 N–H and O–H groups in total. The zero-order valence-corrected chi connectivity index (χ0v) is 22.4. The highest BCUT2D eigenvalue weighted by molar-refractivity contribution is 5.94. The number of carbonyl (C=O) groups is 1. The zero-order valence-electron chi connectivity index (χ0n) is 22.4. The van der Waals surface area contributed by atoms with Crippen molar-refractivity contribution in [2.75, 3.05) is 27.9 Å². The van der Waals surface area contributed by atoms with Crippen LogP contribution >= 0.6 is 0 Å². The number of rotatable bonds is 12. The van der Waals surface area contributed by atoms with Crippen LogP contribution in [0.25, 0.3) is 11.0 Å². The van der Waals surface area contributed by atoms with Gasteiger partial charge >= 0.3 is 0 Å². The maximum absolute atomic E-state index is 14.5. The number of unbranched alkanes of at least 4 members (excludes halogenated alkanes) is 2. The van der Waals surface area contributed by atoms with E-state index in [-0.39, 0.29) is 23.8 Å². The Hall–Kier alpha value is -4.07. The third-order valence-electron chi connectivity index (χ3n) is 6.63. The molecule has 1 aromatic heterocycles. The number of benzene rings is 3. The summed E-state index contributed by atoms with van der Waals surface area (Å²) in [6.07, 6.45) is 2.84. The van der Waals surface area contributed by atoms with E-state index < -0.39 is 5.82 Å². The summed E-state index contributed by atoms with van der Waals surface area (Å²) in [5, 5.41) is 0. The van der Waals surface area contributed by atoms with Crippen LogP contribution in [-0.2, 0) is 13.1 Å². The molecule has 0 unspecified atom stereocenters. The van der Waals surface area contributed by atoms with E-state index in [0.717, 1.165) is 41.7 Å². The average Bonchev–Trinajstić information content (AvgIpc) is 3.28. The number of ether oxygens (including phenoxy) is 3. The molecule has 0 bridgehead atoms. The summed E-state index contributed by atoms with van der Waals surface area (Å²) in [5.74, 6) is 1.42. The molecule has 200 valence electrons. The van der Waals surface area contributed by atoms with E-state index in [1.54, 1.807) is 25.2 Å². The van der Waals surface area contributed by atoms with Crippen LogP contribution in [0.1, 0.15) is 47.9 Å². The number of carbonyl (C=O) groups excluding carboxylic acids is 1. The van der Waals surface area contributed by atoms with E-state index in [0.29, 0.717) is 24.6 Å². The molecular formula is C30H34FN3O4. The van der Waals surface area contributed by atoms with E-state index in [1.165, 1.54) is 19.2 Å². The van der Waals surface area contributed by atoms with Crippen molar-refractivity contribution in [1.82, 2.24) is 14.5 Å². The van der Waals surface area contributed by atoms with Crippen molar-refractivity contribution in [3.05, 3.63) is 83.4 Å². The summed E-state index contributed by atoms with van der Waals surface area (Å²) in [6, 6.07) is 17.9. The Morgan fingerprint density at radius 2 is 1.63 bits per heavy atom. The van der Waals surface area contributed by atoms with Gasteiger partial charge in [-0.2, -0.15) is 0 Å². The van der Waals surface area contributed by atoms with Crippen LogP contribution in [0, 0.1) is 5.82 Å². The maximum atomic E-state index is 14.5. The van der Waals surface area contributed by atoms with Crippen molar-refractivity contribution in [2.24, 2.45) is 0 Å².